The van der Waals surface area contributed by atoms with Crippen LogP contribution < -0.4 is 0 Å². The zero-order chi connectivity index (χ0) is 18.8. The van der Waals surface area contributed by atoms with Crippen LogP contribution in [0.25, 0.3) is 11.1 Å². The first-order valence-electron chi connectivity index (χ1n) is 9.23. The number of nitrogens with zero attached hydrogens (tertiary/aromatic N) is 1. The summed E-state index contributed by atoms with van der Waals surface area (Å²) in [4.78, 5) is 26.5. The number of ether oxygens (including phenoxy) is 2. The Morgan fingerprint density at radius 1 is 1.11 bits per heavy atom. The molecule has 3 aliphatic rings. The van der Waals surface area contributed by atoms with Crippen molar-refractivity contribution in [3.63, 3.8) is 0 Å². The molecule has 1 amide bonds. The van der Waals surface area contributed by atoms with Crippen molar-refractivity contribution < 1.29 is 19.1 Å². The fourth-order valence-corrected chi connectivity index (χ4v) is 5.38. The summed E-state index contributed by atoms with van der Waals surface area (Å²) in [6.45, 7) is 2.61. The van der Waals surface area contributed by atoms with Crippen molar-refractivity contribution >= 4 is 11.9 Å². The Morgan fingerprint density at radius 3 is 2.30 bits per heavy atom. The van der Waals surface area contributed by atoms with Gasteiger partial charge in [0.25, 0.3) is 0 Å². The Balaban J connectivity index is 1.68. The van der Waals surface area contributed by atoms with Crippen molar-refractivity contribution in [2.45, 2.75) is 25.0 Å². The van der Waals surface area contributed by atoms with Gasteiger partial charge in [-0.05, 0) is 22.3 Å². The Hall–Kier alpha value is -2.66. The molecule has 0 radical (unpaired) electrons. The van der Waals surface area contributed by atoms with E-state index >= 15 is 0 Å². The normalized spacial score (nSPS) is 28.8. The molecule has 0 spiro atoms. The number of likely N-dealkylation sites (tertiary alicyclic amines) is 1. The first-order valence-corrected chi connectivity index (χ1v) is 9.23. The summed E-state index contributed by atoms with van der Waals surface area (Å²) in [5, 5.41) is 0. The molecule has 2 aliphatic heterocycles. The molecule has 1 aliphatic carbocycles. The molecule has 2 fully saturated rings. The molecule has 3 atom stereocenters. The van der Waals surface area contributed by atoms with E-state index in [0.29, 0.717) is 6.54 Å². The second kappa shape index (κ2) is 5.67. The van der Waals surface area contributed by atoms with E-state index in [9.17, 15) is 9.59 Å². The molecule has 2 heterocycles. The molecule has 0 unspecified atom stereocenters. The second-order valence-corrected chi connectivity index (χ2v) is 7.85. The third-order valence-corrected chi connectivity index (χ3v) is 6.42. The van der Waals surface area contributed by atoms with E-state index in [1.165, 1.54) is 29.4 Å². The highest BCUT2D eigenvalue weighted by Crippen LogP contribution is 2.58. The number of ketones is 1. The molecule has 2 saturated heterocycles. The molecule has 0 bridgehead atoms. The number of methoxy groups -OCH3 is 1. The van der Waals surface area contributed by atoms with Gasteiger partial charge < -0.3 is 9.47 Å². The van der Waals surface area contributed by atoms with Gasteiger partial charge >= 0.3 is 6.09 Å². The number of hydrogen-bond donors (Lipinski definition) is 0. The number of benzene rings is 2. The highest BCUT2D eigenvalue weighted by Gasteiger charge is 2.62. The molecule has 138 valence electrons. The predicted octanol–water partition coefficient (Wildman–Crippen LogP) is 3.22. The van der Waals surface area contributed by atoms with Crippen LogP contribution >= 0.6 is 0 Å². The standard InChI is InChI=1S/C22H21NO4/c1-22(12-23(21(25)26-2)19-17(24)11-27-20(19)22)18-15-9-5-3-7-13(15)14-8-4-6-10-16(14)18/h3-10,18-20H,11-12H2,1-2H3/t19-,20+,22+/m1/s1. The number of Topliss-reactive ketones (excluding diaryl/α,β-unsaturated/α-hetero) is 1. The summed E-state index contributed by atoms with van der Waals surface area (Å²) >= 11 is 0. The van der Waals surface area contributed by atoms with E-state index in [0.717, 1.165) is 0 Å². The van der Waals surface area contributed by atoms with Gasteiger partial charge in [-0.3, -0.25) is 9.69 Å². The number of amides is 1. The fourth-order valence-electron chi connectivity index (χ4n) is 5.38. The highest BCUT2D eigenvalue weighted by molar-refractivity contribution is 5.92. The summed E-state index contributed by atoms with van der Waals surface area (Å²) < 4.78 is 10.9. The minimum absolute atomic E-state index is 0.0475. The average molecular weight is 363 g/mol. The van der Waals surface area contributed by atoms with E-state index in [1.807, 2.05) is 24.3 Å². The molecule has 0 aromatic heterocycles. The maximum absolute atomic E-state index is 12.5. The summed E-state index contributed by atoms with van der Waals surface area (Å²) in [5.74, 6) is 0.00616. The van der Waals surface area contributed by atoms with Gasteiger partial charge in [0, 0.05) is 17.9 Å². The van der Waals surface area contributed by atoms with Crippen molar-refractivity contribution in [2.75, 3.05) is 20.3 Å². The third-order valence-electron chi connectivity index (χ3n) is 6.42. The number of rotatable bonds is 1. The zero-order valence-electron chi connectivity index (χ0n) is 15.3. The van der Waals surface area contributed by atoms with Gasteiger partial charge in [-0.25, -0.2) is 4.79 Å². The molecule has 5 rings (SSSR count). The lowest BCUT2D eigenvalue weighted by molar-refractivity contribution is -0.121. The Bertz CT molecular complexity index is 909. The molecule has 5 heteroatoms. The van der Waals surface area contributed by atoms with Gasteiger partial charge in [0.05, 0.1) is 13.2 Å². The van der Waals surface area contributed by atoms with Crippen LogP contribution in [0.5, 0.6) is 0 Å². The van der Waals surface area contributed by atoms with Crippen molar-refractivity contribution in [2.24, 2.45) is 5.41 Å². The zero-order valence-corrected chi connectivity index (χ0v) is 15.3. The van der Waals surface area contributed by atoms with Gasteiger partial charge in [0.1, 0.15) is 12.6 Å². The summed E-state index contributed by atoms with van der Waals surface area (Å²) in [6.07, 6.45) is -0.805. The summed E-state index contributed by atoms with van der Waals surface area (Å²) in [6, 6.07) is 16.2. The van der Waals surface area contributed by atoms with E-state index < -0.39 is 17.6 Å². The van der Waals surface area contributed by atoms with Crippen LogP contribution in [-0.4, -0.2) is 49.2 Å². The lowest BCUT2D eigenvalue weighted by Crippen LogP contribution is -2.41. The lowest BCUT2D eigenvalue weighted by atomic mass is 9.69. The van der Waals surface area contributed by atoms with Crippen LogP contribution in [0.1, 0.15) is 24.0 Å². The fraction of sp³-hybridized carbons (Fsp3) is 0.364. The quantitative estimate of drug-likeness (QED) is 0.781. The molecule has 2 aromatic carbocycles. The van der Waals surface area contributed by atoms with Gasteiger partial charge in [-0.2, -0.15) is 0 Å². The minimum atomic E-state index is -0.567. The monoisotopic (exact) mass is 363 g/mol. The minimum Gasteiger partial charge on any atom is -0.453 e. The molecule has 0 N–H and O–H groups in total. The molecule has 2 aromatic rings. The van der Waals surface area contributed by atoms with Crippen LogP contribution in [0.15, 0.2) is 48.5 Å². The summed E-state index contributed by atoms with van der Waals surface area (Å²) in [5.41, 5.74) is 4.48. The molecule has 0 saturated carbocycles. The number of hydrogen-bond acceptors (Lipinski definition) is 4. The first kappa shape index (κ1) is 16.5. The SMILES string of the molecule is COC(=O)N1C[C@@](C)(C2c3ccccc3-c3ccccc32)[C@H]2OCC(=O)[C@H]21. The molecule has 5 nitrogen and oxygen atoms in total. The van der Waals surface area contributed by atoms with Gasteiger partial charge in [-0.1, -0.05) is 55.5 Å². The van der Waals surface area contributed by atoms with Crippen LogP contribution in [-0.2, 0) is 14.3 Å². The van der Waals surface area contributed by atoms with Gasteiger partial charge in [0.2, 0.25) is 0 Å². The summed E-state index contributed by atoms with van der Waals surface area (Å²) in [7, 11) is 1.35. The van der Waals surface area contributed by atoms with Crippen molar-refractivity contribution in [3.8, 4) is 11.1 Å². The van der Waals surface area contributed by atoms with Crippen molar-refractivity contribution in [3.05, 3.63) is 59.7 Å². The smallest absolute Gasteiger partial charge is 0.410 e. The van der Waals surface area contributed by atoms with E-state index in [4.69, 9.17) is 9.47 Å². The lowest BCUT2D eigenvalue weighted by Gasteiger charge is -2.36. The third kappa shape index (κ3) is 2.09. The first-order chi connectivity index (χ1) is 13.1. The van der Waals surface area contributed by atoms with Gasteiger partial charge in [-0.15, -0.1) is 0 Å². The van der Waals surface area contributed by atoms with Crippen LogP contribution in [0.2, 0.25) is 0 Å². The average Bonchev–Trinajstić information content (AvgIpc) is 3.33. The number of carbonyl (C=O) groups is 2. The van der Waals surface area contributed by atoms with Gasteiger partial charge in [0.15, 0.2) is 5.78 Å². The number of fused-ring (bicyclic) bond motifs is 4. The highest BCUT2D eigenvalue weighted by atomic mass is 16.5. The van der Waals surface area contributed by atoms with E-state index in [1.54, 1.807) is 4.90 Å². The van der Waals surface area contributed by atoms with Crippen LogP contribution in [0, 0.1) is 5.41 Å². The second-order valence-electron chi connectivity index (χ2n) is 7.85. The van der Waals surface area contributed by atoms with Crippen LogP contribution in [0.3, 0.4) is 0 Å². The number of carbonyl (C=O) groups excluding carboxylic acids is 2. The maximum atomic E-state index is 12.5. The predicted molar refractivity (Wildman–Crippen MR) is 99.5 cm³/mol. The largest absolute Gasteiger partial charge is 0.453 e. The molecule has 27 heavy (non-hydrogen) atoms. The topological polar surface area (TPSA) is 55.8 Å². The Morgan fingerprint density at radius 2 is 1.70 bits per heavy atom. The van der Waals surface area contributed by atoms with E-state index in [-0.39, 0.29) is 24.4 Å². The molecular formula is C22H21NO4. The van der Waals surface area contributed by atoms with Crippen molar-refractivity contribution in [1.82, 2.24) is 4.90 Å². The maximum Gasteiger partial charge on any atom is 0.410 e. The van der Waals surface area contributed by atoms with Crippen molar-refractivity contribution in [1.29, 1.82) is 0 Å². The Kier molecular flexibility index (Phi) is 3.46. The van der Waals surface area contributed by atoms with Crippen LogP contribution in [0.4, 0.5) is 4.79 Å². The van der Waals surface area contributed by atoms with E-state index in [2.05, 4.69) is 31.2 Å². The molecular weight excluding hydrogens is 342 g/mol. The Labute approximate surface area is 157 Å².